The summed E-state index contributed by atoms with van der Waals surface area (Å²) in [5.41, 5.74) is -4.12. The highest BCUT2D eigenvalue weighted by Gasteiger charge is 2.82. The van der Waals surface area contributed by atoms with Crippen LogP contribution in [-0.4, -0.2) is 58.1 Å². The first-order valence-corrected chi connectivity index (χ1v) is 12.5. The van der Waals surface area contributed by atoms with Crippen LogP contribution in [0.5, 0.6) is 0 Å². The highest BCUT2D eigenvalue weighted by molar-refractivity contribution is 5.87. The van der Waals surface area contributed by atoms with Gasteiger partial charge in [0, 0.05) is 25.8 Å². The monoisotopic (exact) mass is 500 g/mol. The van der Waals surface area contributed by atoms with Gasteiger partial charge in [-0.1, -0.05) is 30.3 Å². The zero-order valence-electron chi connectivity index (χ0n) is 21.8. The summed E-state index contributed by atoms with van der Waals surface area (Å²) in [4.78, 5) is 37.4. The maximum absolute atomic E-state index is 13.0. The Morgan fingerprint density at radius 3 is 2.22 bits per heavy atom. The van der Waals surface area contributed by atoms with E-state index >= 15 is 0 Å². The van der Waals surface area contributed by atoms with Crippen LogP contribution in [-0.2, 0) is 33.3 Å². The SMILES string of the molecule is CC(=O)O[C@H]1CC[C@](C)(O)[C@]23OC(C)(C)[C@H](C[C@H](OC(=O)C=Cc4ccccc4)[C@]12C)[C@H]3OC(C)=O. The molecule has 0 unspecified atom stereocenters. The van der Waals surface area contributed by atoms with Crippen molar-refractivity contribution in [3.05, 3.63) is 42.0 Å². The maximum atomic E-state index is 13.0. The van der Waals surface area contributed by atoms with Gasteiger partial charge >= 0.3 is 17.9 Å². The highest BCUT2D eigenvalue weighted by atomic mass is 16.6. The fourth-order valence-electron chi connectivity index (χ4n) is 6.88. The molecule has 2 aliphatic carbocycles. The molecular formula is C28H36O8. The average Bonchev–Trinajstić information content (AvgIpc) is 2.96. The summed E-state index contributed by atoms with van der Waals surface area (Å²) in [7, 11) is 0. The average molecular weight is 501 g/mol. The molecule has 36 heavy (non-hydrogen) atoms. The van der Waals surface area contributed by atoms with Crippen molar-refractivity contribution in [1.29, 1.82) is 0 Å². The lowest BCUT2D eigenvalue weighted by Gasteiger charge is -2.64. The molecule has 196 valence electrons. The van der Waals surface area contributed by atoms with Gasteiger partial charge in [0.25, 0.3) is 0 Å². The number of benzene rings is 1. The Kier molecular flexibility index (Phi) is 6.58. The molecule has 3 fully saturated rings. The van der Waals surface area contributed by atoms with Crippen LogP contribution >= 0.6 is 0 Å². The van der Waals surface area contributed by atoms with Crippen LogP contribution in [0, 0.1) is 11.3 Å². The smallest absolute Gasteiger partial charge is 0.331 e. The van der Waals surface area contributed by atoms with Crippen LogP contribution in [0.25, 0.3) is 6.08 Å². The molecule has 0 aromatic heterocycles. The molecule has 2 bridgehead atoms. The summed E-state index contributed by atoms with van der Waals surface area (Å²) >= 11 is 0. The number of rotatable bonds is 5. The fourth-order valence-corrected chi connectivity index (χ4v) is 6.88. The van der Waals surface area contributed by atoms with Crippen molar-refractivity contribution in [2.75, 3.05) is 0 Å². The van der Waals surface area contributed by atoms with E-state index in [0.717, 1.165) is 5.56 Å². The van der Waals surface area contributed by atoms with Crippen LogP contribution in [0.1, 0.15) is 66.4 Å². The number of fused-ring (bicyclic) bond motifs is 1. The van der Waals surface area contributed by atoms with Gasteiger partial charge in [-0.15, -0.1) is 0 Å². The number of esters is 3. The Labute approximate surface area is 211 Å². The Bertz CT molecular complexity index is 1060. The fraction of sp³-hybridized carbons (Fsp3) is 0.607. The normalized spacial score (nSPS) is 38.8. The van der Waals surface area contributed by atoms with Crippen molar-refractivity contribution >= 4 is 24.0 Å². The van der Waals surface area contributed by atoms with Crippen LogP contribution in [0.2, 0.25) is 0 Å². The molecule has 0 amide bonds. The first-order chi connectivity index (χ1) is 16.7. The number of carbonyl (C=O) groups excluding carboxylic acids is 3. The second-order valence-electron chi connectivity index (χ2n) is 11.2. The summed E-state index contributed by atoms with van der Waals surface area (Å²) in [6.45, 7) is 9.87. The summed E-state index contributed by atoms with van der Waals surface area (Å²) in [6.07, 6.45) is 1.58. The van der Waals surface area contributed by atoms with Gasteiger partial charge in [-0.05, 0) is 58.6 Å². The topological polar surface area (TPSA) is 108 Å². The van der Waals surface area contributed by atoms with E-state index in [1.165, 1.54) is 19.9 Å². The molecule has 1 aliphatic heterocycles. The van der Waals surface area contributed by atoms with E-state index in [1.54, 1.807) is 19.9 Å². The third kappa shape index (κ3) is 4.04. The first-order valence-electron chi connectivity index (χ1n) is 12.5. The Balaban J connectivity index is 1.80. The van der Waals surface area contributed by atoms with Crippen LogP contribution in [0.3, 0.4) is 0 Å². The standard InChI is InChI=1S/C28H36O8/c1-17(29)33-21-14-15-26(5,32)28-24(34-18(2)30)20(25(3,4)36-28)16-22(27(21,28)6)35-23(31)13-12-19-10-8-7-9-11-19/h7-13,20-22,24,32H,14-16H2,1-6H3/t20-,21+,22+,24-,26+,27+,28+/m1/s1. The molecule has 1 heterocycles. The minimum Gasteiger partial charge on any atom is -0.462 e. The molecule has 8 heteroatoms. The largest absolute Gasteiger partial charge is 0.462 e. The van der Waals surface area contributed by atoms with Crippen molar-refractivity contribution in [2.45, 2.75) is 95.9 Å². The molecule has 1 aromatic rings. The number of ether oxygens (including phenoxy) is 4. The number of aliphatic hydroxyl groups is 1. The molecular weight excluding hydrogens is 464 g/mol. The predicted octanol–water partition coefficient (Wildman–Crippen LogP) is 3.59. The quantitative estimate of drug-likeness (QED) is 0.371. The van der Waals surface area contributed by atoms with E-state index in [2.05, 4.69) is 0 Å². The molecule has 2 saturated carbocycles. The Hall–Kier alpha value is -2.71. The zero-order valence-corrected chi connectivity index (χ0v) is 21.8. The Morgan fingerprint density at radius 2 is 1.61 bits per heavy atom. The lowest BCUT2D eigenvalue weighted by Crippen LogP contribution is -2.79. The molecule has 3 aliphatic rings. The summed E-state index contributed by atoms with van der Waals surface area (Å²) in [5.74, 6) is -1.92. The third-order valence-electron chi connectivity index (χ3n) is 8.45. The van der Waals surface area contributed by atoms with Crippen molar-refractivity contribution in [1.82, 2.24) is 0 Å². The van der Waals surface area contributed by atoms with E-state index in [9.17, 15) is 19.5 Å². The lowest BCUT2D eigenvalue weighted by molar-refractivity contribution is -0.329. The van der Waals surface area contributed by atoms with E-state index in [0.29, 0.717) is 12.8 Å². The molecule has 1 spiro atoms. The molecule has 1 aromatic carbocycles. The highest BCUT2D eigenvalue weighted by Crippen LogP contribution is 2.68. The maximum Gasteiger partial charge on any atom is 0.331 e. The van der Waals surface area contributed by atoms with Gasteiger partial charge < -0.3 is 24.1 Å². The molecule has 4 rings (SSSR count). The second kappa shape index (κ2) is 8.99. The molecule has 1 N–H and O–H groups in total. The van der Waals surface area contributed by atoms with Crippen LogP contribution in [0.4, 0.5) is 0 Å². The minimum atomic E-state index is -1.48. The van der Waals surface area contributed by atoms with Gasteiger partial charge in [-0.25, -0.2) is 4.79 Å². The van der Waals surface area contributed by atoms with Gasteiger partial charge in [0.15, 0.2) is 0 Å². The van der Waals surface area contributed by atoms with Gasteiger partial charge in [-0.3, -0.25) is 9.59 Å². The number of carbonyl (C=O) groups is 3. The number of hydrogen-bond acceptors (Lipinski definition) is 8. The van der Waals surface area contributed by atoms with Crippen molar-refractivity contribution < 1.29 is 38.4 Å². The van der Waals surface area contributed by atoms with Crippen molar-refractivity contribution in [3.63, 3.8) is 0 Å². The summed E-state index contributed by atoms with van der Waals surface area (Å²) in [5, 5.41) is 11.9. The molecule has 7 atom stereocenters. The van der Waals surface area contributed by atoms with Gasteiger partial charge in [-0.2, -0.15) is 0 Å². The third-order valence-corrected chi connectivity index (χ3v) is 8.45. The van der Waals surface area contributed by atoms with Crippen molar-refractivity contribution in [2.24, 2.45) is 11.3 Å². The predicted molar refractivity (Wildman–Crippen MR) is 130 cm³/mol. The van der Waals surface area contributed by atoms with E-state index in [4.69, 9.17) is 18.9 Å². The van der Waals surface area contributed by atoms with Gasteiger partial charge in [0.2, 0.25) is 0 Å². The molecule has 8 nitrogen and oxygen atoms in total. The molecule has 1 saturated heterocycles. The van der Waals surface area contributed by atoms with Gasteiger partial charge in [0.1, 0.15) is 23.9 Å². The molecule has 0 radical (unpaired) electrons. The summed E-state index contributed by atoms with van der Waals surface area (Å²) < 4.78 is 24.4. The summed E-state index contributed by atoms with van der Waals surface area (Å²) in [6, 6.07) is 9.37. The first kappa shape index (κ1) is 26.4. The van der Waals surface area contributed by atoms with E-state index < -0.39 is 58.4 Å². The van der Waals surface area contributed by atoms with Crippen LogP contribution < -0.4 is 0 Å². The Morgan fingerprint density at radius 1 is 0.972 bits per heavy atom. The van der Waals surface area contributed by atoms with Crippen molar-refractivity contribution in [3.8, 4) is 0 Å². The second-order valence-corrected chi connectivity index (χ2v) is 11.2. The lowest BCUT2D eigenvalue weighted by atomic mass is 9.47. The minimum absolute atomic E-state index is 0.246. The number of hydrogen-bond donors (Lipinski definition) is 1. The van der Waals surface area contributed by atoms with Gasteiger partial charge in [0.05, 0.1) is 16.6 Å². The van der Waals surface area contributed by atoms with E-state index in [-0.39, 0.29) is 12.3 Å². The van der Waals surface area contributed by atoms with Crippen LogP contribution in [0.15, 0.2) is 36.4 Å². The zero-order chi connectivity index (χ0) is 26.5. The van der Waals surface area contributed by atoms with E-state index in [1.807, 2.05) is 44.2 Å².